The second kappa shape index (κ2) is 4.65. The van der Waals surface area contributed by atoms with Crippen LogP contribution in [-0.2, 0) is 0 Å². The fourth-order valence-electron chi connectivity index (χ4n) is 2.03. The fraction of sp³-hybridized carbons (Fsp3) is 0.615. The zero-order valence-corrected chi connectivity index (χ0v) is 10.3. The summed E-state index contributed by atoms with van der Waals surface area (Å²) in [7, 11) is 0. The lowest BCUT2D eigenvalue weighted by molar-refractivity contribution is 0.0945. The largest absolute Gasteiger partial charge is 0.349 e. The second-order valence-electron chi connectivity index (χ2n) is 5.29. The molecule has 1 aromatic rings. The highest BCUT2D eigenvalue weighted by atomic mass is 16.1. The van der Waals surface area contributed by atoms with Crippen molar-refractivity contribution in [3.8, 4) is 0 Å². The van der Waals surface area contributed by atoms with Crippen molar-refractivity contribution in [3.63, 3.8) is 0 Å². The van der Waals surface area contributed by atoms with Gasteiger partial charge < -0.3 is 11.1 Å². The Hall–Kier alpha value is -1.49. The summed E-state index contributed by atoms with van der Waals surface area (Å²) in [4.78, 5) is 20.4. The molecule has 5 nitrogen and oxygen atoms in total. The summed E-state index contributed by atoms with van der Waals surface area (Å²) in [5.41, 5.74) is 6.40. The number of nitrogens with two attached hydrogens (primary N) is 1. The molecule has 2 saturated carbocycles. The van der Waals surface area contributed by atoms with Crippen molar-refractivity contribution >= 4 is 5.91 Å². The highest BCUT2D eigenvalue weighted by molar-refractivity contribution is 5.92. The van der Waals surface area contributed by atoms with Crippen LogP contribution in [-0.4, -0.2) is 28.5 Å². The quantitative estimate of drug-likeness (QED) is 0.806. The number of nitrogens with one attached hydrogen (secondary N) is 1. The average molecular weight is 246 g/mol. The molecule has 2 aliphatic carbocycles. The van der Waals surface area contributed by atoms with Gasteiger partial charge in [-0.2, -0.15) is 0 Å². The first-order valence-corrected chi connectivity index (χ1v) is 6.61. The molecule has 1 unspecified atom stereocenters. The Bertz CT molecular complexity index is 454. The number of carbonyl (C=O) groups excluding carboxylic acids is 1. The van der Waals surface area contributed by atoms with E-state index in [1.54, 1.807) is 12.3 Å². The Kier molecular flexibility index (Phi) is 2.99. The third-order valence-corrected chi connectivity index (χ3v) is 3.58. The lowest BCUT2D eigenvalue weighted by Crippen LogP contribution is -2.38. The molecule has 1 atom stereocenters. The summed E-state index contributed by atoms with van der Waals surface area (Å²) in [6, 6.07) is 1.74. The van der Waals surface area contributed by atoms with Crippen LogP contribution >= 0.6 is 0 Å². The number of hydrogen-bond acceptors (Lipinski definition) is 4. The molecule has 96 valence electrons. The first-order valence-electron chi connectivity index (χ1n) is 6.61. The van der Waals surface area contributed by atoms with Crippen molar-refractivity contribution < 1.29 is 4.79 Å². The van der Waals surface area contributed by atoms with E-state index in [0.29, 0.717) is 24.1 Å². The van der Waals surface area contributed by atoms with Gasteiger partial charge in [-0.05, 0) is 37.7 Å². The van der Waals surface area contributed by atoms with Gasteiger partial charge in [0.05, 0.1) is 0 Å². The predicted molar refractivity (Wildman–Crippen MR) is 67.0 cm³/mol. The van der Waals surface area contributed by atoms with E-state index >= 15 is 0 Å². The highest BCUT2D eigenvalue weighted by Gasteiger charge is 2.29. The Morgan fingerprint density at radius 1 is 1.44 bits per heavy atom. The zero-order valence-electron chi connectivity index (χ0n) is 10.3. The molecule has 1 amide bonds. The van der Waals surface area contributed by atoms with Gasteiger partial charge in [0.15, 0.2) is 0 Å². The monoisotopic (exact) mass is 246 g/mol. The van der Waals surface area contributed by atoms with Crippen molar-refractivity contribution in [2.45, 2.75) is 37.6 Å². The summed E-state index contributed by atoms with van der Waals surface area (Å²) in [5, 5.41) is 2.85. The van der Waals surface area contributed by atoms with Gasteiger partial charge in [0.2, 0.25) is 0 Å². The smallest absolute Gasteiger partial charge is 0.270 e. The standard InChI is InChI=1S/C13H18N4O/c14-10(8-1-2-8)7-16-13(18)11-5-6-15-12(17-11)9-3-4-9/h5-6,8-10H,1-4,7,14H2,(H,16,18). The van der Waals surface area contributed by atoms with Crippen LogP contribution in [0.25, 0.3) is 0 Å². The van der Waals surface area contributed by atoms with Gasteiger partial charge in [-0.15, -0.1) is 0 Å². The van der Waals surface area contributed by atoms with Gasteiger partial charge in [-0.3, -0.25) is 4.79 Å². The summed E-state index contributed by atoms with van der Waals surface area (Å²) >= 11 is 0. The van der Waals surface area contributed by atoms with Crippen LogP contribution in [0.4, 0.5) is 0 Å². The van der Waals surface area contributed by atoms with E-state index in [-0.39, 0.29) is 11.9 Å². The van der Waals surface area contributed by atoms with Gasteiger partial charge in [0.1, 0.15) is 11.5 Å². The number of hydrogen-bond donors (Lipinski definition) is 2. The first kappa shape index (κ1) is 11.6. The Morgan fingerprint density at radius 2 is 2.22 bits per heavy atom. The third-order valence-electron chi connectivity index (χ3n) is 3.58. The number of nitrogens with zero attached hydrogens (tertiary/aromatic N) is 2. The van der Waals surface area contributed by atoms with Gasteiger partial charge in [0, 0.05) is 24.7 Å². The van der Waals surface area contributed by atoms with E-state index in [2.05, 4.69) is 15.3 Å². The van der Waals surface area contributed by atoms with Crippen molar-refractivity contribution in [3.05, 3.63) is 23.8 Å². The minimum absolute atomic E-state index is 0.0821. The van der Waals surface area contributed by atoms with Crippen molar-refractivity contribution in [2.24, 2.45) is 11.7 Å². The zero-order chi connectivity index (χ0) is 12.5. The lowest BCUT2D eigenvalue weighted by atomic mass is 10.2. The van der Waals surface area contributed by atoms with Crippen LogP contribution in [0.5, 0.6) is 0 Å². The topological polar surface area (TPSA) is 80.9 Å². The Labute approximate surface area is 106 Å². The minimum Gasteiger partial charge on any atom is -0.349 e. The van der Waals surface area contributed by atoms with Gasteiger partial charge in [-0.1, -0.05) is 0 Å². The molecule has 2 fully saturated rings. The van der Waals surface area contributed by atoms with Crippen LogP contribution in [0.1, 0.15) is 47.9 Å². The molecule has 0 aromatic carbocycles. The molecule has 18 heavy (non-hydrogen) atoms. The molecule has 1 heterocycles. The minimum atomic E-state index is -0.143. The van der Waals surface area contributed by atoms with Crippen LogP contribution in [0.3, 0.4) is 0 Å². The molecule has 0 saturated heterocycles. The van der Waals surface area contributed by atoms with E-state index < -0.39 is 0 Å². The summed E-state index contributed by atoms with van der Waals surface area (Å²) < 4.78 is 0. The van der Waals surface area contributed by atoms with E-state index in [9.17, 15) is 4.79 Å². The summed E-state index contributed by atoms with van der Waals surface area (Å²) in [6.45, 7) is 0.534. The van der Waals surface area contributed by atoms with Crippen LogP contribution < -0.4 is 11.1 Å². The van der Waals surface area contributed by atoms with Gasteiger partial charge >= 0.3 is 0 Å². The molecule has 0 radical (unpaired) electrons. The number of aromatic nitrogens is 2. The molecule has 1 aromatic heterocycles. The molecule has 5 heteroatoms. The predicted octanol–water partition coefficient (Wildman–Crippen LogP) is 0.821. The normalized spacial score (nSPS) is 20.5. The Balaban J connectivity index is 1.58. The van der Waals surface area contributed by atoms with Crippen LogP contribution in [0.2, 0.25) is 0 Å². The molecule has 0 aliphatic heterocycles. The maximum Gasteiger partial charge on any atom is 0.270 e. The molecule has 2 aliphatic rings. The average Bonchev–Trinajstić information content (AvgIpc) is 3.27. The number of amides is 1. The van der Waals surface area contributed by atoms with E-state index in [1.807, 2.05) is 0 Å². The first-order chi connectivity index (χ1) is 8.74. The number of carbonyl (C=O) groups is 1. The molecular formula is C13H18N4O. The molecule has 3 N–H and O–H groups in total. The third kappa shape index (κ3) is 2.67. The molecule has 0 bridgehead atoms. The van der Waals surface area contributed by atoms with Crippen molar-refractivity contribution in [2.75, 3.05) is 6.54 Å². The molecule has 0 spiro atoms. The summed E-state index contributed by atoms with van der Waals surface area (Å²) in [5.74, 6) is 1.72. The van der Waals surface area contributed by atoms with Crippen molar-refractivity contribution in [1.29, 1.82) is 0 Å². The van der Waals surface area contributed by atoms with Crippen LogP contribution in [0, 0.1) is 5.92 Å². The Morgan fingerprint density at radius 3 is 2.89 bits per heavy atom. The molecular weight excluding hydrogens is 228 g/mol. The fourth-order valence-corrected chi connectivity index (χ4v) is 2.03. The molecule has 3 rings (SSSR count). The SMILES string of the molecule is NC(CNC(=O)c1ccnc(C2CC2)n1)C1CC1. The highest BCUT2D eigenvalue weighted by Crippen LogP contribution is 2.37. The lowest BCUT2D eigenvalue weighted by Gasteiger charge is -2.11. The number of rotatable bonds is 5. The van der Waals surface area contributed by atoms with Crippen LogP contribution in [0.15, 0.2) is 12.3 Å². The van der Waals surface area contributed by atoms with E-state index in [1.165, 1.54) is 12.8 Å². The van der Waals surface area contributed by atoms with E-state index in [4.69, 9.17) is 5.73 Å². The summed E-state index contributed by atoms with van der Waals surface area (Å²) in [6.07, 6.45) is 6.32. The van der Waals surface area contributed by atoms with Gasteiger partial charge in [0.25, 0.3) is 5.91 Å². The van der Waals surface area contributed by atoms with Crippen molar-refractivity contribution in [1.82, 2.24) is 15.3 Å². The maximum atomic E-state index is 11.9. The second-order valence-corrected chi connectivity index (χ2v) is 5.29. The van der Waals surface area contributed by atoms with E-state index in [0.717, 1.165) is 18.7 Å². The van der Waals surface area contributed by atoms with Gasteiger partial charge in [-0.25, -0.2) is 9.97 Å². The maximum absolute atomic E-state index is 11.9.